The quantitative estimate of drug-likeness (QED) is 0.646. The van der Waals surface area contributed by atoms with E-state index in [0.29, 0.717) is 5.92 Å². The number of rotatable bonds is 4. The molecule has 0 amide bonds. The summed E-state index contributed by atoms with van der Waals surface area (Å²) < 4.78 is 0. The zero-order chi connectivity index (χ0) is 10.4. The van der Waals surface area contributed by atoms with Crippen molar-refractivity contribution in [3.05, 3.63) is 41.5 Å². The number of allylic oxidation sites excluding steroid dienone is 1. The van der Waals surface area contributed by atoms with Crippen molar-refractivity contribution in [2.75, 3.05) is 0 Å². The van der Waals surface area contributed by atoms with E-state index >= 15 is 0 Å². The van der Waals surface area contributed by atoms with Crippen LogP contribution in [0.1, 0.15) is 50.7 Å². The highest BCUT2D eigenvalue weighted by molar-refractivity contribution is 5.50. The highest BCUT2D eigenvalue weighted by Crippen LogP contribution is 2.19. The number of benzene rings is 1. The predicted molar refractivity (Wildman–Crippen MR) is 64.5 cm³/mol. The third-order valence-corrected chi connectivity index (χ3v) is 2.64. The molecule has 0 bridgehead atoms. The lowest BCUT2D eigenvalue weighted by atomic mass is 9.97. The van der Waals surface area contributed by atoms with Crippen molar-refractivity contribution >= 4 is 6.08 Å². The van der Waals surface area contributed by atoms with Gasteiger partial charge in [0.05, 0.1) is 0 Å². The Morgan fingerprint density at radius 1 is 1.29 bits per heavy atom. The molecule has 0 aliphatic heterocycles. The van der Waals surface area contributed by atoms with Gasteiger partial charge < -0.3 is 0 Å². The van der Waals surface area contributed by atoms with Crippen molar-refractivity contribution in [1.82, 2.24) is 0 Å². The van der Waals surface area contributed by atoms with Gasteiger partial charge in [0.25, 0.3) is 0 Å². The van der Waals surface area contributed by atoms with Crippen LogP contribution < -0.4 is 0 Å². The van der Waals surface area contributed by atoms with E-state index < -0.39 is 0 Å². The lowest BCUT2D eigenvalue weighted by Crippen LogP contribution is -1.90. The molecule has 1 aromatic carbocycles. The minimum atomic E-state index is 0.671. The van der Waals surface area contributed by atoms with Crippen molar-refractivity contribution in [1.29, 1.82) is 0 Å². The molecule has 1 unspecified atom stereocenters. The van der Waals surface area contributed by atoms with Crippen LogP contribution in [-0.4, -0.2) is 0 Å². The van der Waals surface area contributed by atoms with Crippen LogP contribution in [0.25, 0.3) is 6.08 Å². The summed E-state index contributed by atoms with van der Waals surface area (Å²) in [5.41, 5.74) is 2.77. The molecule has 0 aromatic heterocycles. The highest BCUT2D eigenvalue weighted by atomic mass is 14.1. The van der Waals surface area contributed by atoms with Crippen molar-refractivity contribution in [2.24, 2.45) is 0 Å². The Hall–Kier alpha value is -1.04. The first-order valence-corrected chi connectivity index (χ1v) is 5.54. The molecule has 0 aliphatic rings. The summed E-state index contributed by atoms with van der Waals surface area (Å²) in [4.78, 5) is 0. The SMILES string of the molecule is CC/C=C/c1cccc(C(C)CC)c1. The Morgan fingerprint density at radius 3 is 2.71 bits per heavy atom. The molecular formula is C14H20. The fourth-order valence-corrected chi connectivity index (χ4v) is 1.46. The second-order valence-corrected chi connectivity index (χ2v) is 3.79. The molecule has 14 heavy (non-hydrogen) atoms. The molecule has 0 fully saturated rings. The topological polar surface area (TPSA) is 0 Å². The summed E-state index contributed by atoms with van der Waals surface area (Å²) in [6.45, 7) is 6.68. The molecule has 1 aromatic rings. The maximum absolute atomic E-state index is 2.29. The minimum Gasteiger partial charge on any atom is -0.0842 e. The van der Waals surface area contributed by atoms with Crippen LogP contribution in [0.3, 0.4) is 0 Å². The molecule has 1 atom stereocenters. The molecule has 1 rings (SSSR count). The van der Waals surface area contributed by atoms with Crippen LogP contribution in [0.15, 0.2) is 30.3 Å². The van der Waals surface area contributed by atoms with Crippen molar-refractivity contribution in [3.63, 3.8) is 0 Å². The van der Waals surface area contributed by atoms with Gasteiger partial charge >= 0.3 is 0 Å². The summed E-state index contributed by atoms with van der Waals surface area (Å²) in [5, 5.41) is 0. The average Bonchev–Trinajstić information content (AvgIpc) is 2.25. The number of hydrogen-bond acceptors (Lipinski definition) is 0. The molecule has 0 heterocycles. The van der Waals surface area contributed by atoms with E-state index in [1.807, 2.05) is 0 Å². The van der Waals surface area contributed by atoms with Crippen LogP contribution in [0, 0.1) is 0 Å². The van der Waals surface area contributed by atoms with Crippen LogP contribution in [0.2, 0.25) is 0 Å². The van der Waals surface area contributed by atoms with Crippen LogP contribution in [-0.2, 0) is 0 Å². The van der Waals surface area contributed by atoms with Gasteiger partial charge in [0.2, 0.25) is 0 Å². The lowest BCUT2D eigenvalue weighted by molar-refractivity contribution is 0.733. The Bertz CT molecular complexity index is 297. The lowest BCUT2D eigenvalue weighted by Gasteiger charge is -2.09. The second kappa shape index (κ2) is 5.64. The molecule has 0 heteroatoms. The first-order valence-electron chi connectivity index (χ1n) is 5.54. The van der Waals surface area contributed by atoms with Gasteiger partial charge in [0.15, 0.2) is 0 Å². The Morgan fingerprint density at radius 2 is 2.07 bits per heavy atom. The normalized spacial score (nSPS) is 13.4. The summed E-state index contributed by atoms with van der Waals surface area (Å²) in [6, 6.07) is 8.83. The van der Waals surface area contributed by atoms with E-state index in [0.717, 1.165) is 6.42 Å². The van der Waals surface area contributed by atoms with Gasteiger partial charge in [0, 0.05) is 0 Å². The molecule has 0 aliphatic carbocycles. The number of hydrogen-bond donors (Lipinski definition) is 0. The fourth-order valence-electron chi connectivity index (χ4n) is 1.46. The van der Waals surface area contributed by atoms with Gasteiger partial charge in [-0.05, 0) is 29.9 Å². The molecule has 76 valence electrons. The molecule has 0 nitrogen and oxygen atoms in total. The van der Waals surface area contributed by atoms with Crippen LogP contribution in [0.5, 0.6) is 0 Å². The van der Waals surface area contributed by atoms with Crippen molar-refractivity contribution in [2.45, 2.75) is 39.5 Å². The third-order valence-electron chi connectivity index (χ3n) is 2.64. The molecule has 0 N–H and O–H groups in total. The van der Waals surface area contributed by atoms with E-state index in [-0.39, 0.29) is 0 Å². The van der Waals surface area contributed by atoms with Crippen molar-refractivity contribution in [3.8, 4) is 0 Å². The zero-order valence-electron chi connectivity index (χ0n) is 9.46. The van der Waals surface area contributed by atoms with Gasteiger partial charge in [-0.25, -0.2) is 0 Å². The van der Waals surface area contributed by atoms with Crippen molar-refractivity contribution < 1.29 is 0 Å². The van der Waals surface area contributed by atoms with Gasteiger partial charge in [0.1, 0.15) is 0 Å². The van der Waals surface area contributed by atoms with E-state index in [4.69, 9.17) is 0 Å². The minimum absolute atomic E-state index is 0.671. The van der Waals surface area contributed by atoms with Gasteiger partial charge in [-0.3, -0.25) is 0 Å². The largest absolute Gasteiger partial charge is 0.0842 e. The summed E-state index contributed by atoms with van der Waals surface area (Å²) in [6.07, 6.45) is 6.72. The Labute approximate surface area is 87.7 Å². The van der Waals surface area contributed by atoms with E-state index in [9.17, 15) is 0 Å². The Kier molecular flexibility index (Phi) is 4.45. The van der Waals surface area contributed by atoms with Gasteiger partial charge in [-0.2, -0.15) is 0 Å². The highest BCUT2D eigenvalue weighted by Gasteiger charge is 2.01. The Balaban J connectivity index is 2.83. The molecule has 0 saturated heterocycles. The molecule has 0 saturated carbocycles. The van der Waals surface area contributed by atoms with E-state index in [1.165, 1.54) is 17.5 Å². The molecular weight excluding hydrogens is 168 g/mol. The summed E-state index contributed by atoms with van der Waals surface area (Å²) in [5.74, 6) is 0.671. The molecule has 0 spiro atoms. The summed E-state index contributed by atoms with van der Waals surface area (Å²) >= 11 is 0. The van der Waals surface area contributed by atoms with E-state index in [1.54, 1.807) is 0 Å². The first-order chi connectivity index (χ1) is 6.77. The summed E-state index contributed by atoms with van der Waals surface area (Å²) in [7, 11) is 0. The van der Waals surface area contributed by atoms with Crippen LogP contribution in [0.4, 0.5) is 0 Å². The average molecular weight is 188 g/mol. The van der Waals surface area contributed by atoms with Gasteiger partial charge in [-0.1, -0.05) is 57.2 Å². The predicted octanol–water partition coefficient (Wildman–Crippen LogP) is 4.62. The van der Waals surface area contributed by atoms with E-state index in [2.05, 4.69) is 57.2 Å². The monoisotopic (exact) mass is 188 g/mol. The maximum atomic E-state index is 2.29. The van der Waals surface area contributed by atoms with Crippen LogP contribution >= 0.6 is 0 Å². The fraction of sp³-hybridized carbons (Fsp3) is 0.429. The second-order valence-electron chi connectivity index (χ2n) is 3.79. The van der Waals surface area contributed by atoms with Gasteiger partial charge in [-0.15, -0.1) is 0 Å². The third kappa shape index (κ3) is 3.02. The zero-order valence-corrected chi connectivity index (χ0v) is 9.46. The maximum Gasteiger partial charge on any atom is -0.0193 e. The first kappa shape index (κ1) is 11.0. The standard InChI is InChI=1S/C14H20/c1-4-6-8-13-9-7-10-14(11-13)12(3)5-2/h6-12H,4-5H2,1-3H3/b8-6+. The molecule has 0 radical (unpaired) electrons. The smallest absolute Gasteiger partial charge is 0.0193 e.